The van der Waals surface area contributed by atoms with Gasteiger partial charge in [0.05, 0.1) is 11.7 Å². The minimum absolute atomic E-state index is 0.0581. The molecule has 0 saturated heterocycles. The molecule has 116 valence electrons. The monoisotopic (exact) mass is 299 g/mol. The van der Waals surface area contributed by atoms with Gasteiger partial charge in [-0.15, -0.1) is 0 Å². The topological polar surface area (TPSA) is 68.0 Å². The van der Waals surface area contributed by atoms with Gasteiger partial charge in [-0.3, -0.25) is 9.78 Å². The van der Waals surface area contributed by atoms with E-state index < -0.39 is 0 Å². The van der Waals surface area contributed by atoms with Gasteiger partial charge in [-0.05, 0) is 43.4 Å². The third-order valence-electron chi connectivity index (χ3n) is 4.28. The number of nitrogens with one attached hydrogen (secondary N) is 1. The Labute approximate surface area is 130 Å². The largest absolute Gasteiger partial charge is 0.361 e. The summed E-state index contributed by atoms with van der Waals surface area (Å²) >= 11 is 0. The van der Waals surface area contributed by atoms with Crippen LogP contribution in [0.5, 0.6) is 0 Å². The molecule has 1 aliphatic carbocycles. The summed E-state index contributed by atoms with van der Waals surface area (Å²) in [6, 6.07) is 5.95. The SMILES string of the molecule is Cc1cc(CCC(=O)NC(c2ccncc2)C2CCC2)on1. The number of aromatic nitrogens is 2. The second kappa shape index (κ2) is 6.73. The summed E-state index contributed by atoms with van der Waals surface area (Å²) < 4.78 is 5.15. The smallest absolute Gasteiger partial charge is 0.220 e. The van der Waals surface area contributed by atoms with Crippen molar-refractivity contribution >= 4 is 5.91 Å². The highest BCUT2D eigenvalue weighted by atomic mass is 16.5. The summed E-state index contributed by atoms with van der Waals surface area (Å²) in [4.78, 5) is 16.3. The van der Waals surface area contributed by atoms with E-state index in [0.29, 0.717) is 18.8 Å². The number of aryl methyl sites for hydroxylation is 2. The van der Waals surface area contributed by atoms with Gasteiger partial charge in [0, 0.05) is 31.3 Å². The number of amides is 1. The molecule has 5 nitrogen and oxygen atoms in total. The number of carbonyl (C=O) groups is 1. The second-order valence-electron chi connectivity index (χ2n) is 5.95. The maximum Gasteiger partial charge on any atom is 0.220 e. The number of nitrogens with zero attached hydrogens (tertiary/aromatic N) is 2. The standard InChI is InChI=1S/C17H21N3O2/c1-12-11-15(22-20-12)5-6-16(21)19-17(13-3-2-4-13)14-7-9-18-10-8-14/h7-11,13,17H,2-6H2,1H3,(H,19,21). The molecule has 1 amide bonds. The maximum atomic E-state index is 12.3. The molecule has 2 heterocycles. The van der Waals surface area contributed by atoms with Crippen molar-refractivity contribution in [1.29, 1.82) is 0 Å². The van der Waals surface area contributed by atoms with Gasteiger partial charge in [0.1, 0.15) is 5.76 Å². The van der Waals surface area contributed by atoms with Gasteiger partial charge in [-0.25, -0.2) is 0 Å². The Hall–Kier alpha value is -2.17. The van der Waals surface area contributed by atoms with Crippen LogP contribution in [-0.2, 0) is 11.2 Å². The molecule has 5 heteroatoms. The van der Waals surface area contributed by atoms with Crippen LogP contribution in [0.1, 0.15) is 48.7 Å². The van der Waals surface area contributed by atoms with E-state index in [1.54, 1.807) is 12.4 Å². The first kappa shape index (κ1) is 14.8. The third-order valence-corrected chi connectivity index (χ3v) is 4.28. The molecule has 1 saturated carbocycles. The predicted molar refractivity (Wildman–Crippen MR) is 82.0 cm³/mol. The minimum Gasteiger partial charge on any atom is -0.361 e. The summed E-state index contributed by atoms with van der Waals surface area (Å²) in [5.74, 6) is 1.36. The summed E-state index contributed by atoms with van der Waals surface area (Å²) in [6.45, 7) is 1.88. The van der Waals surface area contributed by atoms with E-state index in [4.69, 9.17) is 4.52 Å². The third kappa shape index (κ3) is 3.53. The van der Waals surface area contributed by atoms with E-state index in [1.807, 2.05) is 25.1 Å². The van der Waals surface area contributed by atoms with Crippen molar-refractivity contribution in [3.8, 4) is 0 Å². The van der Waals surface area contributed by atoms with Gasteiger partial charge < -0.3 is 9.84 Å². The van der Waals surface area contributed by atoms with Crippen LogP contribution in [0.3, 0.4) is 0 Å². The van der Waals surface area contributed by atoms with E-state index in [2.05, 4.69) is 15.5 Å². The quantitative estimate of drug-likeness (QED) is 0.890. The first-order valence-corrected chi connectivity index (χ1v) is 7.84. The number of pyridine rings is 1. The highest BCUT2D eigenvalue weighted by molar-refractivity contribution is 5.76. The molecule has 0 radical (unpaired) electrons. The zero-order chi connectivity index (χ0) is 15.4. The molecular formula is C17H21N3O2. The molecule has 2 aromatic rings. The molecule has 1 aliphatic rings. The van der Waals surface area contributed by atoms with Crippen molar-refractivity contribution in [2.75, 3.05) is 0 Å². The summed E-state index contributed by atoms with van der Waals surface area (Å²) in [6.07, 6.45) is 8.17. The van der Waals surface area contributed by atoms with Crippen molar-refractivity contribution in [2.45, 2.75) is 45.1 Å². The maximum absolute atomic E-state index is 12.3. The highest BCUT2D eigenvalue weighted by Gasteiger charge is 2.29. The summed E-state index contributed by atoms with van der Waals surface area (Å²) in [5, 5.41) is 7.02. The predicted octanol–water partition coefficient (Wildman–Crippen LogP) is 2.97. The summed E-state index contributed by atoms with van der Waals surface area (Å²) in [7, 11) is 0. The fourth-order valence-corrected chi connectivity index (χ4v) is 2.83. The van der Waals surface area contributed by atoms with Crippen molar-refractivity contribution in [3.63, 3.8) is 0 Å². The van der Waals surface area contributed by atoms with Crippen LogP contribution in [0, 0.1) is 12.8 Å². The van der Waals surface area contributed by atoms with Crippen LogP contribution in [0.15, 0.2) is 35.1 Å². The van der Waals surface area contributed by atoms with E-state index in [1.165, 1.54) is 19.3 Å². The van der Waals surface area contributed by atoms with E-state index in [0.717, 1.165) is 17.0 Å². The van der Waals surface area contributed by atoms with Crippen LogP contribution in [0.25, 0.3) is 0 Å². The molecule has 0 bridgehead atoms. The molecule has 0 aliphatic heterocycles. The van der Waals surface area contributed by atoms with Crippen molar-refractivity contribution in [3.05, 3.63) is 47.6 Å². The van der Waals surface area contributed by atoms with Gasteiger partial charge >= 0.3 is 0 Å². The molecule has 1 fully saturated rings. The number of rotatable bonds is 6. The fraction of sp³-hybridized carbons (Fsp3) is 0.471. The van der Waals surface area contributed by atoms with Gasteiger partial charge in [0.25, 0.3) is 0 Å². The van der Waals surface area contributed by atoms with Crippen LogP contribution in [0.2, 0.25) is 0 Å². The minimum atomic E-state index is 0.0581. The Morgan fingerprint density at radius 1 is 1.41 bits per heavy atom. The second-order valence-corrected chi connectivity index (χ2v) is 5.95. The van der Waals surface area contributed by atoms with Crippen molar-refractivity contribution in [2.24, 2.45) is 5.92 Å². The zero-order valence-electron chi connectivity index (χ0n) is 12.8. The van der Waals surface area contributed by atoms with Crippen molar-refractivity contribution < 1.29 is 9.32 Å². The Balaban J connectivity index is 1.59. The number of hydrogen-bond donors (Lipinski definition) is 1. The Bertz CT molecular complexity index is 620. The van der Waals surface area contributed by atoms with Gasteiger partial charge in [-0.1, -0.05) is 11.6 Å². The first-order valence-electron chi connectivity index (χ1n) is 7.84. The Morgan fingerprint density at radius 2 is 2.18 bits per heavy atom. The van der Waals surface area contributed by atoms with Crippen LogP contribution in [0.4, 0.5) is 0 Å². The number of hydrogen-bond acceptors (Lipinski definition) is 4. The van der Waals surface area contributed by atoms with Gasteiger partial charge in [-0.2, -0.15) is 0 Å². The first-order chi connectivity index (χ1) is 10.7. The molecular weight excluding hydrogens is 278 g/mol. The van der Waals surface area contributed by atoms with Gasteiger partial charge in [0.15, 0.2) is 0 Å². The molecule has 1 N–H and O–H groups in total. The lowest BCUT2D eigenvalue weighted by molar-refractivity contribution is -0.122. The van der Waals surface area contributed by atoms with E-state index >= 15 is 0 Å². The highest BCUT2D eigenvalue weighted by Crippen LogP contribution is 2.37. The lowest BCUT2D eigenvalue weighted by Crippen LogP contribution is -2.36. The Kier molecular flexibility index (Phi) is 4.51. The number of carbonyl (C=O) groups excluding carboxylic acids is 1. The lowest BCUT2D eigenvalue weighted by atomic mass is 9.77. The lowest BCUT2D eigenvalue weighted by Gasteiger charge is -2.34. The molecule has 1 atom stereocenters. The average molecular weight is 299 g/mol. The van der Waals surface area contributed by atoms with Crippen LogP contribution in [-0.4, -0.2) is 16.0 Å². The summed E-state index contributed by atoms with van der Waals surface area (Å²) in [5.41, 5.74) is 1.99. The molecule has 0 aromatic carbocycles. The molecule has 1 unspecified atom stereocenters. The van der Waals surface area contributed by atoms with E-state index in [-0.39, 0.29) is 11.9 Å². The van der Waals surface area contributed by atoms with Gasteiger partial charge in [0.2, 0.25) is 5.91 Å². The average Bonchev–Trinajstić information content (AvgIpc) is 2.89. The van der Waals surface area contributed by atoms with E-state index in [9.17, 15) is 4.79 Å². The zero-order valence-corrected chi connectivity index (χ0v) is 12.8. The van der Waals surface area contributed by atoms with Crippen molar-refractivity contribution in [1.82, 2.24) is 15.5 Å². The van der Waals surface area contributed by atoms with Crippen LogP contribution < -0.4 is 5.32 Å². The Morgan fingerprint density at radius 3 is 2.77 bits per heavy atom. The molecule has 2 aromatic heterocycles. The fourth-order valence-electron chi connectivity index (χ4n) is 2.83. The normalized spacial score (nSPS) is 16.0. The molecule has 0 spiro atoms. The molecule has 3 rings (SSSR count). The van der Waals surface area contributed by atoms with Crippen LogP contribution >= 0.6 is 0 Å². The molecule has 22 heavy (non-hydrogen) atoms.